The molecular formula is C21H16F3NS. The summed E-state index contributed by atoms with van der Waals surface area (Å²) >= 11 is 5.62. The van der Waals surface area contributed by atoms with Crippen molar-refractivity contribution in [2.24, 2.45) is 0 Å². The number of nitrogens with zero attached hydrogens (tertiary/aromatic N) is 1. The molecule has 1 nitrogen and oxygen atoms in total. The number of halogens is 3. The third-order valence-corrected chi connectivity index (χ3v) is 4.44. The van der Waals surface area contributed by atoms with Gasteiger partial charge in [0.05, 0.1) is 10.1 Å². The lowest BCUT2D eigenvalue weighted by molar-refractivity contribution is -0.137. The van der Waals surface area contributed by atoms with Gasteiger partial charge in [-0.25, -0.2) is 0 Å². The average molecular weight is 371 g/mol. The normalized spacial score (nSPS) is 11.3. The molecule has 0 fully saturated rings. The van der Waals surface area contributed by atoms with E-state index in [2.05, 4.69) is 6.58 Å². The number of benzene rings is 2. The predicted molar refractivity (Wildman–Crippen MR) is 101 cm³/mol. The molecule has 1 heterocycles. The van der Waals surface area contributed by atoms with E-state index in [1.807, 2.05) is 41.1 Å². The molecule has 0 spiro atoms. The first-order valence-corrected chi connectivity index (χ1v) is 8.39. The van der Waals surface area contributed by atoms with Gasteiger partial charge < -0.3 is 4.57 Å². The molecule has 0 saturated heterocycles. The van der Waals surface area contributed by atoms with Crippen LogP contribution in [0.25, 0.3) is 22.3 Å². The SMILES string of the molecule is C=CCn1cc(-c2ccccc2)c(=S)c(-c2cccc(C(F)(F)F)c2)c1. The Kier molecular flexibility index (Phi) is 5.09. The number of hydrogen-bond donors (Lipinski definition) is 0. The molecule has 0 atom stereocenters. The number of rotatable bonds is 4. The van der Waals surface area contributed by atoms with Gasteiger partial charge in [0.15, 0.2) is 0 Å². The zero-order valence-electron chi connectivity index (χ0n) is 13.8. The third-order valence-electron chi connectivity index (χ3n) is 4.00. The molecule has 0 aliphatic heterocycles. The first-order valence-electron chi connectivity index (χ1n) is 7.98. The average Bonchev–Trinajstić information content (AvgIpc) is 2.63. The summed E-state index contributed by atoms with van der Waals surface area (Å²) in [5.74, 6) is 0. The van der Waals surface area contributed by atoms with E-state index >= 15 is 0 Å². The monoisotopic (exact) mass is 371 g/mol. The third kappa shape index (κ3) is 3.78. The summed E-state index contributed by atoms with van der Waals surface area (Å²) in [6.07, 6.45) is 1.00. The second-order valence-electron chi connectivity index (χ2n) is 5.84. The molecule has 0 amide bonds. The zero-order valence-corrected chi connectivity index (χ0v) is 14.6. The van der Waals surface area contributed by atoms with Crippen molar-refractivity contribution in [2.45, 2.75) is 12.7 Å². The molecule has 3 aromatic rings. The topological polar surface area (TPSA) is 4.93 Å². The Morgan fingerprint density at radius 3 is 2.15 bits per heavy atom. The predicted octanol–water partition coefficient (Wildman–Crippen LogP) is 6.76. The largest absolute Gasteiger partial charge is 0.416 e. The second-order valence-corrected chi connectivity index (χ2v) is 6.25. The first kappa shape index (κ1) is 18.1. The van der Waals surface area contributed by atoms with Crippen LogP contribution < -0.4 is 0 Å². The highest BCUT2D eigenvalue weighted by molar-refractivity contribution is 7.71. The Balaban J connectivity index is 2.23. The summed E-state index contributed by atoms with van der Waals surface area (Å²) in [4.78, 5) is 0. The minimum atomic E-state index is -4.40. The van der Waals surface area contributed by atoms with Gasteiger partial charge in [-0.3, -0.25) is 0 Å². The van der Waals surface area contributed by atoms with Gasteiger partial charge in [0, 0.05) is 30.1 Å². The van der Waals surface area contributed by atoms with Crippen LogP contribution in [0.4, 0.5) is 13.2 Å². The van der Waals surface area contributed by atoms with E-state index in [1.54, 1.807) is 18.3 Å². The Morgan fingerprint density at radius 1 is 0.923 bits per heavy atom. The quantitative estimate of drug-likeness (QED) is 0.362. The van der Waals surface area contributed by atoms with Gasteiger partial charge in [-0.05, 0) is 23.3 Å². The van der Waals surface area contributed by atoms with Crippen LogP contribution in [0.15, 0.2) is 79.6 Å². The minimum absolute atomic E-state index is 0.445. The lowest BCUT2D eigenvalue weighted by atomic mass is 10.00. The fourth-order valence-corrected chi connectivity index (χ4v) is 3.12. The van der Waals surface area contributed by atoms with E-state index in [4.69, 9.17) is 12.2 Å². The fraction of sp³-hybridized carbons (Fsp3) is 0.0952. The molecule has 0 N–H and O–H groups in total. The summed E-state index contributed by atoms with van der Waals surface area (Å²) in [7, 11) is 0. The minimum Gasteiger partial charge on any atom is -0.349 e. The zero-order chi connectivity index (χ0) is 18.7. The molecular weight excluding hydrogens is 355 g/mol. The van der Waals surface area contributed by atoms with Crippen LogP contribution in [0, 0.1) is 4.51 Å². The van der Waals surface area contributed by atoms with Gasteiger partial charge in [0.1, 0.15) is 0 Å². The molecule has 26 heavy (non-hydrogen) atoms. The molecule has 0 aliphatic rings. The van der Waals surface area contributed by atoms with Crippen molar-refractivity contribution in [3.05, 3.63) is 89.7 Å². The van der Waals surface area contributed by atoms with Gasteiger partial charge in [-0.1, -0.05) is 60.8 Å². The number of alkyl halides is 3. The van der Waals surface area contributed by atoms with E-state index < -0.39 is 11.7 Å². The van der Waals surface area contributed by atoms with Gasteiger partial charge in [0.25, 0.3) is 0 Å². The smallest absolute Gasteiger partial charge is 0.349 e. The number of aromatic nitrogens is 1. The van der Waals surface area contributed by atoms with E-state index in [9.17, 15) is 13.2 Å². The van der Waals surface area contributed by atoms with Crippen molar-refractivity contribution in [2.75, 3.05) is 0 Å². The van der Waals surface area contributed by atoms with Crippen molar-refractivity contribution in [3.63, 3.8) is 0 Å². The van der Waals surface area contributed by atoms with Crippen LogP contribution in [0.2, 0.25) is 0 Å². The van der Waals surface area contributed by atoms with Gasteiger partial charge in [-0.15, -0.1) is 6.58 Å². The molecule has 3 rings (SSSR count). The molecule has 132 valence electrons. The maximum atomic E-state index is 13.1. The highest BCUT2D eigenvalue weighted by atomic mass is 32.1. The Labute approximate surface area is 155 Å². The molecule has 1 aromatic heterocycles. The van der Waals surface area contributed by atoms with Crippen LogP contribution in [0.3, 0.4) is 0 Å². The summed E-state index contributed by atoms with van der Waals surface area (Å²) in [6, 6.07) is 14.8. The number of allylic oxidation sites excluding steroid dienone is 1. The van der Waals surface area contributed by atoms with Crippen LogP contribution in [0.5, 0.6) is 0 Å². The molecule has 0 saturated carbocycles. The van der Waals surface area contributed by atoms with E-state index in [0.717, 1.165) is 23.3 Å². The van der Waals surface area contributed by atoms with Crippen molar-refractivity contribution in [1.82, 2.24) is 4.57 Å². The molecule has 2 aromatic carbocycles. The summed E-state index contributed by atoms with van der Waals surface area (Å²) in [5, 5.41) is 0. The number of hydrogen-bond acceptors (Lipinski definition) is 1. The lowest BCUT2D eigenvalue weighted by Gasteiger charge is -2.14. The molecule has 0 aliphatic carbocycles. The van der Waals surface area contributed by atoms with Crippen LogP contribution in [0.1, 0.15) is 5.56 Å². The van der Waals surface area contributed by atoms with Crippen LogP contribution in [-0.4, -0.2) is 4.57 Å². The Morgan fingerprint density at radius 2 is 1.54 bits per heavy atom. The number of pyridine rings is 1. The molecule has 5 heteroatoms. The van der Waals surface area contributed by atoms with Crippen molar-refractivity contribution in [1.29, 1.82) is 0 Å². The molecule has 0 radical (unpaired) electrons. The van der Waals surface area contributed by atoms with Crippen molar-refractivity contribution < 1.29 is 13.2 Å². The summed E-state index contributed by atoms with van der Waals surface area (Å²) < 4.78 is 41.7. The van der Waals surface area contributed by atoms with E-state index in [0.29, 0.717) is 22.2 Å². The van der Waals surface area contributed by atoms with E-state index in [-0.39, 0.29) is 0 Å². The second kappa shape index (κ2) is 7.30. The van der Waals surface area contributed by atoms with Crippen LogP contribution >= 0.6 is 12.2 Å². The van der Waals surface area contributed by atoms with Gasteiger partial charge >= 0.3 is 6.18 Å². The maximum absolute atomic E-state index is 13.1. The summed E-state index contributed by atoms with van der Waals surface area (Å²) in [6.45, 7) is 4.26. The Bertz CT molecular complexity index is 988. The highest BCUT2D eigenvalue weighted by Gasteiger charge is 2.30. The molecule has 0 unspecified atom stereocenters. The van der Waals surface area contributed by atoms with E-state index in [1.165, 1.54) is 6.07 Å². The van der Waals surface area contributed by atoms with Crippen molar-refractivity contribution >= 4 is 12.2 Å². The first-order chi connectivity index (χ1) is 12.4. The van der Waals surface area contributed by atoms with Gasteiger partial charge in [0.2, 0.25) is 0 Å². The fourth-order valence-electron chi connectivity index (χ4n) is 2.78. The standard InChI is InChI=1S/C21H16F3NS/c1-2-11-25-13-18(15-7-4-3-5-8-15)20(26)19(14-25)16-9-6-10-17(12-16)21(22,23)24/h2-10,12-14H,1,11H2. The maximum Gasteiger partial charge on any atom is 0.416 e. The Hall–Kier alpha value is -2.66. The molecule has 0 bridgehead atoms. The summed E-state index contributed by atoms with van der Waals surface area (Å²) in [5.41, 5.74) is 2.07. The lowest BCUT2D eigenvalue weighted by Crippen LogP contribution is -2.05. The van der Waals surface area contributed by atoms with Crippen LogP contribution in [-0.2, 0) is 12.7 Å². The highest BCUT2D eigenvalue weighted by Crippen LogP contribution is 2.34. The van der Waals surface area contributed by atoms with Gasteiger partial charge in [-0.2, -0.15) is 13.2 Å². The van der Waals surface area contributed by atoms with Crippen molar-refractivity contribution in [3.8, 4) is 22.3 Å².